The Hall–Kier alpha value is -2.63. The Morgan fingerprint density at radius 1 is 1.26 bits per heavy atom. The van der Waals surface area contributed by atoms with Crippen molar-refractivity contribution < 1.29 is 4.74 Å². The van der Waals surface area contributed by atoms with Crippen LogP contribution in [0, 0.1) is 0 Å². The van der Waals surface area contributed by atoms with Crippen molar-refractivity contribution in [3.63, 3.8) is 0 Å². The molecule has 4 rings (SSSR count). The monoisotopic (exact) mass is 253 g/mol. The number of aromatic nitrogens is 4. The number of benzene rings is 1. The highest BCUT2D eigenvalue weighted by Gasteiger charge is 2.20. The Morgan fingerprint density at radius 3 is 3.16 bits per heavy atom. The molecule has 1 aromatic carbocycles. The molecule has 0 bridgehead atoms. The average molecular weight is 253 g/mol. The highest BCUT2D eigenvalue weighted by atomic mass is 16.5. The second kappa shape index (κ2) is 3.68. The zero-order valence-corrected chi connectivity index (χ0v) is 10.1. The fourth-order valence-electron chi connectivity index (χ4n) is 2.46. The minimum atomic E-state index is 0.224. The number of nitrogens with zero attached hydrogens (tertiary/aromatic N) is 3. The molecule has 0 aliphatic carbocycles. The summed E-state index contributed by atoms with van der Waals surface area (Å²) >= 11 is 0. The van der Waals surface area contributed by atoms with Crippen LogP contribution < -0.4 is 10.5 Å². The van der Waals surface area contributed by atoms with Crippen molar-refractivity contribution in [2.45, 2.75) is 6.42 Å². The van der Waals surface area contributed by atoms with E-state index < -0.39 is 0 Å². The lowest BCUT2D eigenvalue weighted by Crippen LogP contribution is -1.98. The van der Waals surface area contributed by atoms with Crippen LogP contribution in [-0.2, 0) is 6.42 Å². The Labute approximate surface area is 108 Å². The van der Waals surface area contributed by atoms with Gasteiger partial charge < -0.3 is 10.5 Å². The van der Waals surface area contributed by atoms with E-state index in [0.717, 1.165) is 28.8 Å². The quantitative estimate of drug-likeness (QED) is 0.686. The van der Waals surface area contributed by atoms with Crippen LogP contribution in [0.4, 0.5) is 5.95 Å². The second-order valence-electron chi connectivity index (χ2n) is 4.45. The van der Waals surface area contributed by atoms with Gasteiger partial charge in [-0.05, 0) is 11.6 Å². The van der Waals surface area contributed by atoms with Gasteiger partial charge in [0.2, 0.25) is 5.95 Å². The molecule has 0 amide bonds. The third-order valence-electron chi connectivity index (χ3n) is 3.30. The first-order valence-electron chi connectivity index (χ1n) is 6.04. The minimum Gasteiger partial charge on any atom is -0.492 e. The van der Waals surface area contributed by atoms with E-state index in [1.54, 1.807) is 6.20 Å². The number of H-pyrrole nitrogens is 1. The first kappa shape index (κ1) is 10.3. The van der Waals surface area contributed by atoms with Crippen molar-refractivity contribution in [2.75, 3.05) is 12.3 Å². The molecule has 2 aromatic heterocycles. The maximum atomic E-state index is 5.76. The third kappa shape index (κ3) is 1.46. The number of ether oxygens (including phenoxy) is 1. The van der Waals surface area contributed by atoms with Gasteiger partial charge in [0.1, 0.15) is 5.75 Å². The Kier molecular flexibility index (Phi) is 2.00. The van der Waals surface area contributed by atoms with Crippen LogP contribution in [0.2, 0.25) is 0 Å². The van der Waals surface area contributed by atoms with E-state index in [9.17, 15) is 0 Å². The summed E-state index contributed by atoms with van der Waals surface area (Å²) in [4.78, 5) is 8.47. The molecule has 0 saturated heterocycles. The molecule has 1 aliphatic heterocycles. The third-order valence-corrected chi connectivity index (χ3v) is 3.30. The fraction of sp³-hybridized carbons (Fsp3) is 0.154. The molecule has 3 heterocycles. The molecule has 6 heteroatoms. The van der Waals surface area contributed by atoms with Crippen molar-refractivity contribution in [1.29, 1.82) is 0 Å². The number of nitrogens with two attached hydrogens (primary N) is 1. The molecule has 0 spiro atoms. The van der Waals surface area contributed by atoms with Gasteiger partial charge in [0.15, 0.2) is 5.65 Å². The van der Waals surface area contributed by atoms with Crippen LogP contribution in [0.3, 0.4) is 0 Å². The van der Waals surface area contributed by atoms with Gasteiger partial charge in [0.25, 0.3) is 0 Å². The van der Waals surface area contributed by atoms with Crippen molar-refractivity contribution in [3.05, 3.63) is 30.0 Å². The summed E-state index contributed by atoms with van der Waals surface area (Å²) < 4.78 is 5.72. The van der Waals surface area contributed by atoms with E-state index in [4.69, 9.17) is 10.5 Å². The molecule has 94 valence electrons. The minimum absolute atomic E-state index is 0.224. The van der Waals surface area contributed by atoms with Crippen LogP contribution in [0.15, 0.2) is 24.4 Å². The van der Waals surface area contributed by atoms with Gasteiger partial charge in [-0.1, -0.05) is 12.1 Å². The van der Waals surface area contributed by atoms with Crippen LogP contribution >= 0.6 is 0 Å². The first-order chi connectivity index (χ1) is 9.33. The van der Waals surface area contributed by atoms with E-state index >= 15 is 0 Å². The molecule has 3 aromatic rings. The highest BCUT2D eigenvalue weighted by Crippen LogP contribution is 2.38. The lowest BCUT2D eigenvalue weighted by molar-refractivity contribution is 0.358. The van der Waals surface area contributed by atoms with Gasteiger partial charge in [-0.15, -0.1) is 0 Å². The molecule has 0 fully saturated rings. The standard InChI is InChI=1S/C13H11N5O/c14-13-16-10(9-6-15-18-12(9)17-13)8-3-1-2-7-4-5-19-11(7)8/h1-3,6H,4-5H2,(H3,14,15,16,17,18). The molecule has 0 saturated carbocycles. The number of aromatic amines is 1. The highest BCUT2D eigenvalue weighted by molar-refractivity contribution is 5.92. The van der Waals surface area contributed by atoms with Gasteiger partial charge in [0.05, 0.1) is 23.9 Å². The maximum Gasteiger partial charge on any atom is 0.222 e. The first-order valence-corrected chi connectivity index (χ1v) is 6.04. The van der Waals surface area contributed by atoms with Crippen molar-refractivity contribution in [1.82, 2.24) is 20.2 Å². The van der Waals surface area contributed by atoms with Gasteiger partial charge in [0, 0.05) is 12.0 Å². The van der Waals surface area contributed by atoms with E-state index in [0.29, 0.717) is 12.3 Å². The average Bonchev–Trinajstić information content (AvgIpc) is 3.04. The Bertz CT molecular complexity index is 780. The summed E-state index contributed by atoms with van der Waals surface area (Å²) in [5.41, 5.74) is 9.29. The smallest absolute Gasteiger partial charge is 0.222 e. The molecule has 0 atom stereocenters. The number of anilines is 1. The number of para-hydroxylation sites is 1. The molecule has 6 nitrogen and oxygen atoms in total. The fourth-order valence-corrected chi connectivity index (χ4v) is 2.46. The summed E-state index contributed by atoms with van der Waals surface area (Å²) in [6.07, 6.45) is 2.64. The Balaban J connectivity index is 2.05. The molecule has 0 radical (unpaired) electrons. The maximum absolute atomic E-state index is 5.76. The summed E-state index contributed by atoms with van der Waals surface area (Å²) in [6.45, 7) is 0.710. The number of nitrogens with one attached hydrogen (secondary N) is 1. The SMILES string of the molecule is Nc1nc(-c2cccc3c2OCC3)c2cn[nH]c2n1. The number of fused-ring (bicyclic) bond motifs is 2. The normalized spacial score (nSPS) is 13.5. The van der Waals surface area contributed by atoms with Crippen LogP contribution in [-0.4, -0.2) is 26.8 Å². The van der Waals surface area contributed by atoms with Gasteiger partial charge in [-0.2, -0.15) is 10.1 Å². The van der Waals surface area contributed by atoms with Crippen molar-refractivity contribution >= 4 is 17.0 Å². The number of rotatable bonds is 1. The predicted octanol–water partition coefficient (Wildman–Crippen LogP) is 1.54. The molecule has 1 aliphatic rings. The van der Waals surface area contributed by atoms with Crippen LogP contribution in [0.1, 0.15) is 5.56 Å². The number of hydrogen-bond acceptors (Lipinski definition) is 5. The lowest BCUT2D eigenvalue weighted by Gasteiger charge is -2.08. The second-order valence-corrected chi connectivity index (χ2v) is 4.45. The zero-order valence-electron chi connectivity index (χ0n) is 10.1. The van der Waals surface area contributed by atoms with Crippen LogP contribution in [0.25, 0.3) is 22.3 Å². The number of hydrogen-bond donors (Lipinski definition) is 2. The summed E-state index contributed by atoms with van der Waals surface area (Å²) in [5, 5.41) is 7.66. The molecule has 0 unspecified atom stereocenters. The predicted molar refractivity (Wildman–Crippen MR) is 70.7 cm³/mol. The largest absolute Gasteiger partial charge is 0.492 e. The molecular formula is C13H11N5O. The topological polar surface area (TPSA) is 89.7 Å². The summed E-state index contributed by atoms with van der Waals surface area (Å²) in [5.74, 6) is 1.12. The van der Waals surface area contributed by atoms with E-state index in [1.807, 2.05) is 12.1 Å². The van der Waals surface area contributed by atoms with Crippen molar-refractivity contribution in [3.8, 4) is 17.0 Å². The molecule has 19 heavy (non-hydrogen) atoms. The number of nitrogen functional groups attached to an aromatic ring is 1. The lowest BCUT2D eigenvalue weighted by atomic mass is 10.0. The Morgan fingerprint density at radius 2 is 2.21 bits per heavy atom. The van der Waals surface area contributed by atoms with Gasteiger partial charge in [-0.25, -0.2) is 4.98 Å². The van der Waals surface area contributed by atoms with Crippen LogP contribution in [0.5, 0.6) is 5.75 Å². The van der Waals surface area contributed by atoms with Gasteiger partial charge >= 0.3 is 0 Å². The van der Waals surface area contributed by atoms with E-state index in [1.165, 1.54) is 5.56 Å². The van der Waals surface area contributed by atoms with Gasteiger partial charge in [-0.3, -0.25) is 5.10 Å². The van der Waals surface area contributed by atoms with Crippen molar-refractivity contribution in [2.24, 2.45) is 0 Å². The summed E-state index contributed by atoms with van der Waals surface area (Å²) in [6, 6.07) is 6.06. The summed E-state index contributed by atoms with van der Waals surface area (Å²) in [7, 11) is 0. The molecular weight excluding hydrogens is 242 g/mol. The molecule has 3 N–H and O–H groups in total. The van der Waals surface area contributed by atoms with E-state index in [2.05, 4.69) is 26.2 Å². The zero-order chi connectivity index (χ0) is 12.8. The van der Waals surface area contributed by atoms with E-state index in [-0.39, 0.29) is 5.95 Å².